The summed E-state index contributed by atoms with van der Waals surface area (Å²) in [5, 5.41) is 3.41. The number of hydrogen-bond acceptors (Lipinski definition) is 4. The van der Waals surface area contributed by atoms with Gasteiger partial charge in [0.05, 0.1) is 16.6 Å². The molecule has 0 aliphatic carbocycles. The Labute approximate surface area is 151 Å². The van der Waals surface area contributed by atoms with E-state index in [0.717, 1.165) is 10.0 Å². The van der Waals surface area contributed by atoms with Gasteiger partial charge in [-0.25, -0.2) is 4.98 Å². The van der Waals surface area contributed by atoms with E-state index in [4.69, 9.17) is 0 Å². The Hall–Kier alpha value is -1.99. The van der Waals surface area contributed by atoms with Crippen LogP contribution in [0.15, 0.2) is 33.8 Å². The highest BCUT2D eigenvalue weighted by molar-refractivity contribution is 9.10. The topological polar surface area (TPSA) is 64.0 Å². The molecule has 1 amide bonds. The van der Waals surface area contributed by atoms with E-state index in [-0.39, 0.29) is 11.5 Å². The first-order valence-electron chi connectivity index (χ1n) is 7.48. The number of aryl methyl sites for hydroxylation is 3. The van der Waals surface area contributed by atoms with Crippen LogP contribution in [0.5, 0.6) is 0 Å². The molecule has 0 bridgehead atoms. The van der Waals surface area contributed by atoms with Crippen LogP contribution >= 0.6 is 27.3 Å². The third-order valence-electron chi connectivity index (χ3n) is 3.89. The molecule has 0 saturated carbocycles. The monoisotopic (exact) mass is 405 g/mol. The van der Waals surface area contributed by atoms with Crippen molar-refractivity contribution in [1.82, 2.24) is 9.55 Å². The number of carbonyl (C=O) groups is 1. The molecule has 1 aromatic carbocycles. The zero-order chi connectivity index (χ0) is 17.4. The highest BCUT2D eigenvalue weighted by atomic mass is 79.9. The summed E-state index contributed by atoms with van der Waals surface area (Å²) in [6.45, 7) is 6.22. The van der Waals surface area contributed by atoms with Crippen LogP contribution in [0, 0.1) is 13.8 Å². The van der Waals surface area contributed by atoms with Crippen LogP contribution in [0.2, 0.25) is 0 Å². The summed E-state index contributed by atoms with van der Waals surface area (Å²) >= 11 is 4.70. The van der Waals surface area contributed by atoms with Gasteiger partial charge in [0.2, 0.25) is 0 Å². The lowest BCUT2D eigenvalue weighted by Crippen LogP contribution is -2.19. The molecule has 0 aliphatic heterocycles. The number of nitrogens with one attached hydrogen (secondary N) is 1. The van der Waals surface area contributed by atoms with Crippen molar-refractivity contribution in [3.8, 4) is 0 Å². The summed E-state index contributed by atoms with van der Waals surface area (Å²) in [5.74, 6) is -0.228. The average molecular weight is 406 g/mol. The van der Waals surface area contributed by atoms with Gasteiger partial charge in [-0.05, 0) is 44.0 Å². The summed E-state index contributed by atoms with van der Waals surface area (Å²) in [6, 6.07) is 5.64. The molecule has 3 aromatic rings. The van der Waals surface area contributed by atoms with Gasteiger partial charge < -0.3 is 5.32 Å². The van der Waals surface area contributed by atoms with E-state index in [1.54, 1.807) is 11.5 Å². The number of hydrogen-bond donors (Lipinski definition) is 1. The van der Waals surface area contributed by atoms with E-state index in [0.29, 0.717) is 32.9 Å². The molecule has 7 heteroatoms. The second-order valence-corrected chi connectivity index (χ2v) is 7.34. The van der Waals surface area contributed by atoms with E-state index in [1.165, 1.54) is 17.7 Å². The van der Waals surface area contributed by atoms with Gasteiger partial charge >= 0.3 is 0 Å². The fourth-order valence-electron chi connectivity index (χ4n) is 2.46. The lowest BCUT2D eigenvalue weighted by molar-refractivity contribution is 0.103. The zero-order valence-corrected chi connectivity index (χ0v) is 15.9. The maximum absolute atomic E-state index is 12.6. The number of thiophene rings is 1. The maximum Gasteiger partial charge on any atom is 0.266 e. The third kappa shape index (κ3) is 2.89. The Morgan fingerprint density at radius 3 is 2.79 bits per heavy atom. The summed E-state index contributed by atoms with van der Waals surface area (Å²) in [6.07, 6.45) is 1.53. The first-order valence-corrected chi connectivity index (χ1v) is 9.09. The van der Waals surface area contributed by atoms with Gasteiger partial charge in [0.25, 0.3) is 11.5 Å². The van der Waals surface area contributed by atoms with Crippen molar-refractivity contribution < 1.29 is 4.79 Å². The number of aromatic nitrogens is 2. The number of anilines is 1. The molecule has 0 saturated heterocycles. The number of carbonyl (C=O) groups excluding carboxylic acids is 1. The van der Waals surface area contributed by atoms with Gasteiger partial charge in [0.1, 0.15) is 4.83 Å². The Morgan fingerprint density at radius 2 is 2.12 bits per heavy atom. The predicted octanol–water partition coefficient (Wildman–Crippen LogP) is 4.11. The first kappa shape index (κ1) is 16.9. The molecule has 1 N–H and O–H groups in total. The molecule has 2 heterocycles. The number of amides is 1. The molecule has 3 rings (SSSR count). The van der Waals surface area contributed by atoms with Crippen LogP contribution in [-0.4, -0.2) is 15.5 Å². The Kier molecular flexibility index (Phi) is 4.56. The van der Waals surface area contributed by atoms with Crippen LogP contribution in [0.1, 0.15) is 27.7 Å². The van der Waals surface area contributed by atoms with E-state index in [2.05, 4.69) is 26.2 Å². The van der Waals surface area contributed by atoms with Crippen LogP contribution in [-0.2, 0) is 6.54 Å². The Bertz CT molecular complexity index is 1010. The Morgan fingerprint density at radius 1 is 1.38 bits per heavy atom. The molecule has 0 atom stereocenters. The molecule has 0 spiro atoms. The van der Waals surface area contributed by atoms with E-state index in [1.807, 2.05) is 32.0 Å². The molecule has 124 valence electrons. The van der Waals surface area contributed by atoms with Crippen LogP contribution < -0.4 is 10.9 Å². The van der Waals surface area contributed by atoms with Gasteiger partial charge in [0, 0.05) is 16.7 Å². The summed E-state index contributed by atoms with van der Waals surface area (Å²) in [7, 11) is 0. The number of benzene rings is 1. The molecule has 2 aromatic heterocycles. The average Bonchev–Trinajstić information content (AvgIpc) is 2.89. The van der Waals surface area contributed by atoms with E-state index < -0.39 is 0 Å². The molecule has 0 unspecified atom stereocenters. The minimum atomic E-state index is -0.228. The fraction of sp³-hybridized carbons (Fsp3) is 0.235. The van der Waals surface area contributed by atoms with Crippen molar-refractivity contribution in [3.63, 3.8) is 0 Å². The standard InChI is InChI=1S/C17H16BrN3O2S/c1-4-21-8-19-16-13(17(21)23)10(3)14(24-16)15(22)20-11-6-5-9(2)12(18)7-11/h5-8H,4H2,1-3H3,(H,20,22). The zero-order valence-electron chi connectivity index (χ0n) is 13.5. The van der Waals surface area contributed by atoms with Gasteiger partial charge in [-0.15, -0.1) is 11.3 Å². The molecular weight excluding hydrogens is 390 g/mol. The summed E-state index contributed by atoms with van der Waals surface area (Å²) in [5.41, 5.74) is 2.37. The Balaban J connectivity index is 2.01. The van der Waals surface area contributed by atoms with Gasteiger partial charge in [-0.2, -0.15) is 0 Å². The maximum atomic E-state index is 12.6. The number of halogens is 1. The van der Waals surface area contributed by atoms with Crippen molar-refractivity contribution in [3.05, 3.63) is 55.4 Å². The first-order chi connectivity index (χ1) is 11.4. The molecule has 24 heavy (non-hydrogen) atoms. The highest BCUT2D eigenvalue weighted by Gasteiger charge is 2.19. The number of rotatable bonds is 3. The minimum absolute atomic E-state index is 0.103. The highest BCUT2D eigenvalue weighted by Crippen LogP contribution is 2.28. The molecule has 5 nitrogen and oxygen atoms in total. The lowest BCUT2D eigenvalue weighted by Gasteiger charge is -2.06. The van der Waals surface area contributed by atoms with E-state index >= 15 is 0 Å². The van der Waals surface area contributed by atoms with Crippen LogP contribution in [0.25, 0.3) is 10.2 Å². The van der Waals surface area contributed by atoms with Gasteiger partial charge in [0.15, 0.2) is 0 Å². The van der Waals surface area contributed by atoms with E-state index in [9.17, 15) is 9.59 Å². The van der Waals surface area contributed by atoms with Crippen molar-refractivity contribution in [2.45, 2.75) is 27.3 Å². The second-order valence-electron chi connectivity index (χ2n) is 5.49. The second kappa shape index (κ2) is 6.49. The fourth-order valence-corrected chi connectivity index (χ4v) is 3.87. The number of fused-ring (bicyclic) bond motifs is 1. The molecule has 0 aliphatic rings. The smallest absolute Gasteiger partial charge is 0.266 e. The van der Waals surface area contributed by atoms with Crippen molar-refractivity contribution in [2.24, 2.45) is 0 Å². The molecule has 0 radical (unpaired) electrons. The molecular formula is C17H16BrN3O2S. The van der Waals surface area contributed by atoms with Gasteiger partial charge in [-0.3, -0.25) is 14.2 Å². The van der Waals surface area contributed by atoms with Crippen molar-refractivity contribution in [2.75, 3.05) is 5.32 Å². The molecule has 0 fully saturated rings. The minimum Gasteiger partial charge on any atom is -0.321 e. The number of nitrogens with zero attached hydrogens (tertiary/aromatic N) is 2. The predicted molar refractivity (Wildman–Crippen MR) is 101 cm³/mol. The SMILES string of the molecule is CCn1cnc2sc(C(=O)Nc3ccc(C)c(Br)c3)c(C)c2c1=O. The van der Waals surface area contributed by atoms with Crippen LogP contribution in [0.4, 0.5) is 5.69 Å². The normalized spacial score (nSPS) is 11.0. The largest absolute Gasteiger partial charge is 0.321 e. The van der Waals surface area contributed by atoms with Crippen molar-refractivity contribution in [1.29, 1.82) is 0 Å². The third-order valence-corrected chi connectivity index (χ3v) is 5.95. The summed E-state index contributed by atoms with van der Waals surface area (Å²) in [4.78, 5) is 30.5. The lowest BCUT2D eigenvalue weighted by atomic mass is 10.2. The van der Waals surface area contributed by atoms with Gasteiger partial charge in [-0.1, -0.05) is 22.0 Å². The quantitative estimate of drug-likeness (QED) is 0.712. The van der Waals surface area contributed by atoms with Crippen LogP contribution in [0.3, 0.4) is 0 Å². The summed E-state index contributed by atoms with van der Waals surface area (Å²) < 4.78 is 2.47. The van der Waals surface area contributed by atoms with Crippen molar-refractivity contribution >= 4 is 49.1 Å².